The number of fused-ring (bicyclic) bond motifs is 1. The molecule has 0 spiro atoms. The van der Waals surface area contributed by atoms with Gasteiger partial charge in [-0.1, -0.05) is 0 Å². The van der Waals surface area contributed by atoms with Gasteiger partial charge >= 0.3 is 6.03 Å². The first-order chi connectivity index (χ1) is 17.8. The van der Waals surface area contributed by atoms with Crippen LogP contribution in [-0.2, 0) is 14.3 Å². The van der Waals surface area contributed by atoms with E-state index in [2.05, 4.69) is 30.8 Å². The Kier molecular flexibility index (Phi) is 7.04. The zero-order valence-corrected chi connectivity index (χ0v) is 21.6. The lowest BCUT2D eigenvalue weighted by Gasteiger charge is -2.27. The smallest absolute Gasteiger partial charge is 0.325 e. The van der Waals surface area contributed by atoms with Crippen LogP contribution in [0.4, 0.5) is 16.4 Å². The molecule has 0 saturated carbocycles. The fourth-order valence-corrected chi connectivity index (χ4v) is 5.36. The highest BCUT2D eigenvalue weighted by Crippen LogP contribution is 2.34. The van der Waals surface area contributed by atoms with Crippen LogP contribution in [0.5, 0.6) is 0 Å². The van der Waals surface area contributed by atoms with Crippen molar-refractivity contribution in [3.05, 3.63) is 36.5 Å². The molecule has 2 aliphatic rings. The maximum atomic E-state index is 12.5. The number of rotatable bonds is 8. The van der Waals surface area contributed by atoms with E-state index in [4.69, 9.17) is 4.74 Å². The maximum absolute atomic E-state index is 12.5. The Morgan fingerprint density at radius 3 is 2.76 bits per heavy atom. The third-order valence-corrected chi connectivity index (χ3v) is 7.63. The predicted octanol–water partition coefficient (Wildman–Crippen LogP) is 2.37. The Labute approximate surface area is 218 Å². The highest BCUT2D eigenvalue weighted by molar-refractivity contribution is 7.22. The molecule has 2 fully saturated rings. The van der Waals surface area contributed by atoms with Gasteiger partial charge in [-0.2, -0.15) is 0 Å². The molecule has 0 bridgehead atoms. The van der Waals surface area contributed by atoms with Gasteiger partial charge in [-0.15, -0.1) is 11.3 Å². The van der Waals surface area contributed by atoms with Crippen molar-refractivity contribution in [3.63, 3.8) is 0 Å². The summed E-state index contributed by atoms with van der Waals surface area (Å²) in [6.07, 6.45) is 1.68. The Morgan fingerprint density at radius 2 is 2.00 bits per heavy atom. The van der Waals surface area contributed by atoms with E-state index >= 15 is 0 Å². The van der Waals surface area contributed by atoms with Crippen LogP contribution in [0.25, 0.3) is 20.7 Å². The summed E-state index contributed by atoms with van der Waals surface area (Å²) in [4.78, 5) is 49.9. The second kappa shape index (κ2) is 10.4. The molecule has 4 amide bonds. The van der Waals surface area contributed by atoms with Crippen LogP contribution in [-0.4, -0.2) is 89.1 Å². The number of hydrogen-bond donors (Lipinski definition) is 3. The van der Waals surface area contributed by atoms with E-state index < -0.39 is 11.6 Å². The summed E-state index contributed by atoms with van der Waals surface area (Å²) in [7, 11) is 0. The summed E-state index contributed by atoms with van der Waals surface area (Å²) >= 11 is 1.61. The number of imide groups is 1. The van der Waals surface area contributed by atoms with Gasteiger partial charge in [0, 0.05) is 42.8 Å². The molecule has 4 heterocycles. The number of urea groups is 1. The highest BCUT2D eigenvalue weighted by Gasteiger charge is 2.45. The third-order valence-electron chi connectivity index (χ3n) is 6.49. The molecule has 0 aliphatic carbocycles. The van der Waals surface area contributed by atoms with Gasteiger partial charge in [0.25, 0.3) is 5.91 Å². The largest absolute Gasteiger partial charge is 0.379 e. The summed E-state index contributed by atoms with van der Waals surface area (Å²) in [5.74, 6) is 0.0949. The van der Waals surface area contributed by atoms with Gasteiger partial charge in [0.1, 0.15) is 5.54 Å². The van der Waals surface area contributed by atoms with Crippen LogP contribution in [0.15, 0.2) is 36.5 Å². The number of thiophene rings is 1. The molecule has 2 saturated heterocycles. The minimum Gasteiger partial charge on any atom is -0.379 e. The van der Waals surface area contributed by atoms with E-state index in [-0.39, 0.29) is 11.8 Å². The third kappa shape index (κ3) is 5.55. The van der Waals surface area contributed by atoms with E-state index in [9.17, 15) is 14.4 Å². The van der Waals surface area contributed by atoms with E-state index in [1.165, 1.54) is 4.90 Å². The van der Waals surface area contributed by atoms with Crippen LogP contribution in [0, 0.1) is 0 Å². The van der Waals surface area contributed by atoms with Crippen LogP contribution in [0.3, 0.4) is 0 Å². The van der Waals surface area contributed by atoms with Crippen molar-refractivity contribution >= 4 is 50.9 Å². The normalized spacial score (nSPS) is 17.7. The first-order valence-corrected chi connectivity index (χ1v) is 13.0. The molecular weight excluding hydrogens is 494 g/mol. The number of amides is 4. The van der Waals surface area contributed by atoms with Crippen molar-refractivity contribution in [2.45, 2.75) is 19.4 Å². The fraction of sp³-hybridized carbons (Fsp3) is 0.400. The zero-order chi connectivity index (χ0) is 26.0. The van der Waals surface area contributed by atoms with Gasteiger partial charge < -0.3 is 20.3 Å². The van der Waals surface area contributed by atoms with E-state index in [1.807, 2.05) is 30.3 Å². The van der Waals surface area contributed by atoms with Crippen molar-refractivity contribution in [2.75, 3.05) is 56.6 Å². The first-order valence-electron chi connectivity index (χ1n) is 12.1. The van der Waals surface area contributed by atoms with Crippen LogP contribution in [0.2, 0.25) is 0 Å². The number of morpholine rings is 1. The van der Waals surface area contributed by atoms with Gasteiger partial charge in [0.15, 0.2) is 0 Å². The first kappa shape index (κ1) is 25.1. The molecule has 2 aliphatic heterocycles. The van der Waals surface area contributed by atoms with Crippen molar-refractivity contribution in [1.82, 2.24) is 25.1 Å². The monoisotopic (exact) mass is 523 g/mol. The topological polar surface area (TPSA) is 129 Å². The average molecular weight is 524 g/mol. The Bertz CT molecular complexity index is 1340. The SMILES string of the molecule is CC1(C)C(=O)NC(=O)N1CCNc1nccc(-c2cc3cc(NC(=O)CN4CCOCC4)ccc3s2)n1. The molecule has 12 heteroatoms. The molecule has 0 unspecified atom stereocenters. The summed E-state index contributed by atoms with van der Waals surface area (Å²) < 4.78 is 6.42. The van der Waals surface area contributed by atoms with Crippen molar-refractivity contribution in [3.8, 4) is 10.6 Å². The van der Waals surface area contributed by atoms with Crippen LogP contribution in [0.1, 0.15) is 13.8 Å². The Balaban J connectivity index is 1.22. The Hall–Kier alpha value is -3.61. The number of benzene rings is 1. The number of aromatic nitrogens is 2. The summed E-state index contributed by atoms with van der Waals surface area (Å²) in [6, 6.07) is 9.37. The number of ether oxygens (including phenoxy) is 1. The highest BCUT2D eigenvalue weighted by atomic mass is 32.1. The van der Waals surface area contributed by atoms with Gasteiger partial charge in [-0.3, -0.25) is 19.8 Å². The van der Waals surface area contributed by atoms with Crippen molar-refractivity contribution in [1.29, 1.82) is 0 Å². The molecule has 3 N–H and O–H groups in total. The number of anilines is 2. The maximum Gasteiger partial charge on any atom is 0.325 e. The second-order valence-electron chi connectivity index (χ2n) is 9.46. The van der Waals surface area contributed by atoms with E-state index in [1.54, 1.807) is 31.4 Å². The number of hydrogen-bond acceptors (Lipinski definition) is 9. The summed E-state index contributed by atoms with van der Waals surface area (Å²) in [5, 5.41) is 9.49. The fourth-order valence-electron chi connectivity index (χ4n) is 4.35. The van der Waals surface area contributed by atoms with Crippen molar-refractivity contribution in [2.24, 2.45) is 0 Å². The molecule has 194 valence electrons. The molecule has 0 radical (unpaired) electrons. The molecule has 11 nitrogen and oxygen atoms in total. The Morgan fingerprint density at radius 1 is 1.19 bits per heavy atom. The molecule has 1 aromatic carbocycles. The molecule has 2 aromatic heterocycles. The lowest BCUT2D eigenvalue weighted by Crippen LogP contribution is -2.46. The van der Waals surface area contributed by atoms with Gasteiger partial charge in [-0.25, -0.2) is 14.8 Å². The number of nitrogens with zero attached hydrogens (tertiary/aromatic N) is 4. The molecule has 3 aromatic rings. The van der Waals surface area contributed by atoms with E-state index in [0.717, 1.165) is 39.4 Å². The van der Waals surface area contributed by atoms with Gasteiger partial charge in [0.05, 0.1) is 30.3 Å². The lowest BCUT2D eigenvalue weighted by molar-refractivity contribution is -0.125. The minimum atomic E-state index is -0.890. The van der Waals surface area contributed by atoms with Gasteiger partial charge in [-0.05, 0) is 49.6 Å². The second-order valence-corrected chi connectivity index (χ2v) is 10.5. The number of carbonyl (C=O) groups excluding carboxylic acids is 3. The lowest BCUT2D eigenvalue weighted by atomic mass is 10.0. The molecule has 0 atom stereocenters. The number of nitrogens with one attached hydrogen (secondary N) is 3. The standard InChI is InChI=1S/C25H29N7O4S/c1-25(2)22(34)30-24(35)32(25)8-7-27-23-26-6-5-18(29-23)20-14-16-13-17(3-4-19(16)37-20)28-21(33)15-31-9-11-36-12-10-31/h3-6,13-14H,7-12,15H2,1-2H3,(H,28,33)(H,26,27,29)(H,30,34,35). The van der Waals surface area contributed by atoms with Crippen molar-refractivity contribution < 1.29 is 19.1 Å². The predicted molar refractivity (Wildman–Crippen MR) is 142 cm³/mol. The quantitative estimate of drug-likeness (QED) is 0.384. The van der Waals surface area contributed by atoms with Gasteiger partial charge in [0.2, 0.25) is 11.9 Å². The van der Waals surface area contributed by atoms with E-state index in [0.29, 0.717) is 38.8 Å². The van der Waals surface area contributed by atoms with Crippen LogP contribution >= 0.6 is 11.3 Å². The molecular formula is C25H29N7O4S. The zero-order valence-electron chi connectivity index (χ0n) is 20.7. The summed E-state index contributed by atoms with van der Waals surface area (Å²) in [6.45, 7) is 7.36. The number of carbonyl (C=O) groups is 3. The average Bonchev–Trinajstić information content (AvgIpc) is 3.38. The summed E-state index contributed by atoms with van der Waals surface area (Å²) in [5.41, 5.74) is 0.637. The van der Waals surface area contributed by atoms with Crippen LogP contribution < -0.4 is 16.0 Å². The minimum absolute atomic E-state index is 0.0395. The molecule has 5 rings (SSSR count). The molecule has 37 heavy (non-hydrogen) atoms.